The lowest BCUT2D eigenvalue weighted by Crippen LogP contribution is -2.23. The van der Waals surface area contributed by atoms with E-state index in [0.29, 0.717) is 42.5 Å². The minimum atomic E-state index is -3.91. The molecule has 0 aliphatic carbocycles. The van der Waals surface area contributed by atoms with E-state index in [9.17, 15) is 4.57 Å². The van der Waals surface area contributed by atoms with E-state index in [4.69, 9.17) is 15.5 Å². The average molecular weight is 295 g/mol. The summed E-state index contributed by atoms with van der Waals surface area (Å²) < 4.78 is 10.4. The van der Waals surface area contributed by atoms with Crippen molar-refractivity contribution in [2.75, 3.05) is 25.9 Å². The second-order valence-corrected chi connectivity index (χ2v) is 6.39. The van der Waals surface area contributed by atoms with Crippen molar-refractivity contribution >= 4 is 24.0 Å². The molecule has 0 unspecified atom stereocenters. The molecule has 11 N–H and O–H groups in total. The monoisotopic (exact) mass is 295 g/mol. The maximum absolute atomic E-state index is 10.4. The first kappa shape index (κ1) is 25.6. The molecule has 0 heterocycles. The third kappa shape index (κ3) is 21.6. The van der Waals surface area contributed by atoms with Crippen molar-refractivity contribution in [2.45, 2.75) is 6.42 Å². The van der Waals surface area contributed by atoms with E-state index in [0.717, 1.165) is 0 Å². The minimum absolute atomic E-state index is 0. The number of aliphatic imine (C=N–C) groups is 1. The summed E-state index contributed by atoms with van der Waals surface area (Å²) in [6.45, 7) is -2.69. The van der Waals surface area contributed by atoms with Crippen molar-refractivity contribution in [3.05, 3.63) is 0 Å². The van der Waals surface area contributed by atoms with Crippen LogP contribution in [0.25, 0.3) is 0 Å². The Kier molecular flexibility index (Phi) is 20.9. The van der Waals surface area contributed by atoms with Gasteiger partial charge in [0.1, 0.15) is 0 Å². The molecule has 0 aliphatic heterocycles. The minimum Gasteiger partial charge on any atom is -0.412 e. The van der Waals surface area contributed by atoms with Crippen LogP contribution >= 0.6 is 18.2 Å². The highest BCUT2D eigenvalue weighted by Gasteiger charge is 2.11. The Bertz CT molecular complexity index is 236. The Morgan fingerprint density at radius 2 is 1.88 bits per heavy atom. The average Bonchev–Trinajstić information content (AvgIpc) is 2.08. The number of nitrogens with two attached hydrogens (primary N) is 1. The molecule has 0 aromatic rings. The summed E-state index contributed by atoms with van der Waals surface area (Å²) in [5, 5.41) is 3.00. The highest BCUT2D eigenvalue weighted by atomic mass is 32.7. The largest absolute Gasteiger partial charge is 0.412 e. The smallest absolute Gasteiger partial charge is 0.384 e. The van der Waals surface area contributed by atoms with Gasteiger partial charge in [-0.25, -0.2) is 4.57 Å². The number of nitrogens with zero attached hydrogens (tertiary/aromatic N) is 1. The predicted molar refractivity (Wildman–Crippen MR) is 70.4 cm³/mol. The normalized spacial score (nSPS) is 10.9. The Hall–Kier alpha value is -0.190. The molecule has 11 heteroatoms. The molecule has 0 atom stereocenters. The van der Waals surface area contributed by atoms with Gasteiger partial charge in [-0.15, -0.1) is 0 Å². The van der Waals surface area contributed by atoms with Gasteiger partial charge >= 0.3 is 6.80 Å². The van der Waals surface area contributed by atoms with Crippen LogP contribution in [-0.4, -0.2) is 57.9 Å². The zero-order valence-electron chi connectivity index (χ0n) is 9.51. The van der Waals surface area contributed by atoms with E-state index in [1.165, 1.54) is 0 Å². The standard InChI is InChI=1S/C6H16N3O3PS.3H2O/c1-8-6(7)2-3-9-4-5-14-13(10,11)12;;;/h9H,2-5H2,1H3,(H2,7,8)(H2,10,11,12);3*1H2. The quantitative estimate of drug-likeness (QED) is 0.170. The molecule has 0 aliphatic rings. The number of rotatable bonds is 7. The highest BCUT2D eigenvalue weighted by Crippen LogP contribution is 2.49. The van der Waals surface area contributed by atoms with Gasteiger partial charge in [0, 0.05) is 32.3 Å². The topological polar surface area (TPSA) is 202 Å². The summed E-state index contributed by atoms with van der Waals surface area (Å²) >= 11 is 0.641. The van der Waals surface area contributed by atoms with Crippen molar-refractivity contribution in [2.24, 2.45) is 10.7 Å². The fourth-order valence-electron chi connectivity index (χ4n) is 0.690. The number of hydrogen-bond donors (Lipinski definition) is 4. The molecule has 0 fully saturated rings. The summed E-state index contributed by atoms with van der Waals surface area (Å²) in [4.78, 5) is 20.8. The first-order valence-electron chi connectivity index (χ1n) is 4.07. The molecule has 0 aromatic carbocycles. The number of nitrogens with one attached hydrogen (secondary N) is 1. The molecular weight excluding hydrogens is 273 g/mol. The molecule has 9 nitrogen and oxygen atoms in total. The lowest BCUT2D eigenvalue weighted by Gasteiger charge is -2.04. The lowest BCUT2D eigenvalue weighted by molar-refractivity contribution is 0.397. The van der Waals surface area contributed by atoms with Crippen LogP contribution in [0.2, 0.25) is 0 Å². The van der Waals surface area contributed by atoms with E-state index in [1.807, 2.05) is 0 Å². The molecule has 0 rings (SSSR count). The first-order chi connectivity index (χ1) is 6.45. The Balaban J connectivity index is -0.000000282. The second kappa shape index (κ2) is 13.9. The maximum Gasteiger partial charge on any atom is 0.384 e. The summed E-state index contributed by atoms with van der Waals surface area (Å²) in [5.41, 5.74) is 5.44. The van der Waals surface area contributed by atoms with Crippen LogP contribution in [0.5, 0.6) is 0 Å². The van der Waals surface area contributed by atoms with E-state index < -0.39 is 6.80 Å². The van der Waals surface area contributed by atoms with E-state index >= 15 is 0 Å². The van der Waals surface area contributed by atoms with Gasteiger partial charge in [0.2, 0.25) is 0 Å². The van der Waals surface area contributed by atoms with Crippen LogP contribution in [0.15, 0.2) is 4.99 Å². The van der Waals surface area contributed by atoms with E-state index in [-0.39, 0.29) is 16.4 Å². The molecule has 0 bridgehead atoms. The summed E-state index contributed by atoms with van der Waals surface area (Å²) in [5.74, 6) is 0.952. The third-order valence-corrected chi connectivity index (χ3v) is 3.66. The molecular formula is C6H22N3O6PS. The Morgan fingerprint density at radius 3 is 2.29 bits per heavy atom. The lowest BCUT2D eigenvalue weighted by atomic mass is 10.4. The molecule has 0 amide bonds. The fourth-order valence-corrected chi connectivity index (χ4v) is 2.15. The molecule has 0 radical (unpaired) electrons. The van der Waals surface area contributed by atoms with Gasteiger partial charge in [0.05, 0.1) is 5.84 Å². The van der Waals surface area contributed by atoms with Crippen molar-refractivity contribution in [1.82, 2.24) is 5.32 Å². The van der Waals surface area contributed by atoms with Gasteiger partial charge in [-0.2, -0.15) is 0 Å². The zero-order valence-corrected chi connectivity index (χ0v) is 11.2. The van der Waals surface area contributed by atoms with Gasteiger partial charge in [-0.05, 0) is 11.4 Å². The SMILES string of the molecule is CN=C(N)CCNCCSP(=O)(O)O.O.O.O. The maximum atomic E-state index is 10.4. The van der Waals surface area contributed by atoms with Crippen molar-refractivity contribution < 1.29 is 30.8 Å². The van der Waals surface area contributed by atoms with Crippen LogP contribution in [-0.2, 0) is 4.57 Å². The number of hydrogen-bond acceptors (Lipinski definition) is 4. The first-order valence-corrected chi connectivity index (χ1v) is 7.28. The molecule has 0 saturated heterocycles. The highest BCUT2D eigenvalue weighted by molar-refractivity contribution is 8.54. The molecule has 0 aromatic heterocycles. The predicted octanol–water partition coefficient (Wildman–Crippen LogP) is -2.70. The van der Waals surface area contributed by atoms with Crippen molar-refractivity contribution in [3.63, 3.8) is 0 Å². The van der Waals surface area contributed by atoms with Crippen LogP contribution in [0.4, 0.5) is 0 Å². The second-order valence-electron chi connectivity index (χ2n) is 2.54. The molecule has 0 spiro atoms. The number of amidine groups is 1. The van der Waals surface area contributed by atoms with Crippen molar-refractivity contribution in [1.29, 1.82) is 0 Å². The zero-order chi connectivity index (χ0) is 11.0. The van der Waals surface area contributed by atoms with Gasteiger partial charge in [-0.1, -0.05) is 0 Å². The molecule has 108 valence electrons. The van der Waals surface area contributed by atoms with Gasteiger partial charge < -0.3 is 37.3 Å². The van der Waals surface area contributed by atoms with E-state index in [1.54, 1.807) is 7.05 Å². The van der Waals surface area contributed by atoms with Crippen LogP contribution in [0.3, 0.4) is 0 Å². The van der Waals surface area contributed by atoms with Crippen molar-refractivity contribution in [3.8, 4) is 0 Å². The Morgan fingerprint density at radius 1 is 1.35 bits per heavy atom. The summed E-state index contributed by atoms with van der Waals surface area (Å²) in [6.07, 6.45) is 0.650. The molecule has 0 saturated carbocycles. The van der Waals surface area contributed by atoms with Gasteiger partial charge in [0.15, 0.2) is 0 Å². The summed E-state index contributed by atoms with van der Waals surface area (Å²) in [6, 6.07) is 0. The van der Waals surface area contributed by atoms with Gasteiger partial charge in [0.25, 0.3) is 0 Å². The third-order valence-electron chi connectivity index (χ3n) is 1.38. The molecule has 17 heavy (non-hydrogen) atoms. The van der Waals surface area contributed by atoms with E-state index in [2.05, 4.69) is 10.3 Å². The summed E-state index contributed by atoms with van der Waals surface area (Å²) in [7, 11) is 1.62. The van der Waals surface area contributed by atoms with Crippen LogP contribution in [0.1, 0.15) is 6.42 Å². The Labute approximate surface area is 104 Å². The fraction of sp³-hybridized carbons (Fsp3) is 0.833. The van der Waals surface area contributed by atoms with Crippen LogP contribution in [0, 0.1) is 0 Å². The van der Waals surface area contributed by atoms with Gasteiger partial charge in [-0.3, -0.25) is 4.99 Å². The van der Waals surface area contributed by atoms with Crippen LogP contribution < -0.4 is 11.1 Å².